The third-order valence-electron chi connectivity index (χ3n) is 3.58. The molecule has 0 bridgehead atoms. The molecule has 0 unspecified atom stereocenters. The number of anilines is 1. The van der Waals surface area contributed by atoms with Gasteiger partial charge in [-0.05, 0) is 48.7 Å². The Morgan fingerprint density at radius 3 is 2.52 bits per heavy atom. The zero-order chi connectivity index (χ0) is 21.4. The lowest BCUT2D eigenvalue weighted by atomic mass is 10.2. The zero-order valence-corrected chi connectivity index (χ0v) is 17.1. The lowest BCUT2D eigenvalue weighted by Gasteiger charge is -2.09. The van der Waals surface area contributed by atoms with Crippen molar-refractivity contribution in [3.63, 3.8) is 0 Å². The predicted molar refractivity (Wildman–Crippen MR) is 109 cm³/mol. The standard InChI is InChI=1S/C19H19FN2O5S2/c1-3-10-21-29(25,26)17-11-13(4-9-16(17)20)19(24)27-12-18(23)22-14-5-7-15(28-2)8-6-14/h3-9,11,21H,1,10,12H2,2H3,(H,22,23). The topological polar surface area (TPSA) is 102 Å². The van der Waals surface area contributed by atoms with Gasteiger partial charge in [-0.2, -0.15) is 0 Å². The number of nitrogens with one attached hydrogen (secondary N) is 2. The number of ether oxygens (including phenoxy) is 1. The van der Waals surface area contributed by atoms with Gasteiger partial charge in [0.15, 0.2) is 6.61 Å². The van der Waals surface area contributed by atoms with Crippen LogP contribution in [0.15, 0.2) is 64.9 Å². The molecule has 154 valence electrons. The number of carbonyl (C=O) groups is 2. The first-order valence-corrected chi connectivity index (χ1v) is 11.0. The van der Waals surface area contributed by atoms with Gasteiger partial charge in [-0.15, -0.1) is 18.3 Å². The molecule has 0 radical (unpaired) electrons. The van der Waals surface area contributed by atoms with Gasteiger partial charge < -0.3 is 10.1 Å². The molecule has 0 atom stereocenters. The normalized spacial score (nSPS) is 11.0. The van der Waals surface area contributed by atoms with Crippen LogP contribution in [0.3, 0.4) is 0 Å². The Hall–Kier alpha value is -2.69. The molecule has 0 aliphatic heterocycles. The first-order valence-electron chi connectivity index (χ1n) is 8.28. The maximum absolute atomic E-state index is 13.9. The number of rotatable bonds is 9. The van der Waals surface area contributed by atoms with E-state index in [2.05, 4.69) is 16.6 Å². The summed E-state index contributed by atoms with van der Waals surface area (Å²) < 4.78 is 45.1. The second kappa shape index (κ2) is 10.2. The van der Waals surface area contributed by atoms with Gasteiger partial charge in [0, 0.05) is 17.1 Å². The summed E-state index contributed by atoms with van der Waals surface area (Å²) in [5.41, 5.74) is 0.329. The van der Waals surface area contributed by atoms with Crippen LogP contribution >= 0.6 is 11.8 Å². The number of hydrogen-bond donors (Lipinski definition) is 2. The summed E-state index contributed by atoms with van der Waals surface area (Å²) in [5.74, 6) is -2.56. The maximum Gasteiger partial charge on any atom is 0.338 e. The van der Waals surface area contributed by atoms with Gasteiger partial charge in [0.2, 0.25) is 10.0 Å². The van der Waals surface area contributed by atoms with E-state index in [9.17, 15) is 22.4 Å². The quantitative estimate of drug-likeness (QED) is 0.355. The van der Waals surface area contributed by atoms with Crippen LogP contribution in [0.4, 0.5) is 10.1 Å². The van der Waals surface area contributed by atoms with Crippen molar-refractivity contribution in [2.24, 2.45) is 0 Å². The smallest absolute Gasteiger partial charge is 0.338 e. The van der Waals surface area contributed by atoms with Crippen LogP contribution in [0.25, 0.3) is 0 Å². The van der Waals surface area contributed by atoms with Crippen molar-refractivity contribution in [3.05, 3.63) is 66.5 Å². The van der Waals surface area contributed by atoms with Gasteiger partial charge >= 0.3 is 5.97 Å². The molecule has 0 aliphatic carbocycles. The largest absolute Gasteiger partial charge is 0.452 e. The van der Waals surface area contributed by atoms with E-state index in [1.807, 2.05) is 18.4 Å². The Bertz CT molecular complexity index is 1010. The Labute approximate surface area is 172 Å². The average Bonchev–Trinajstić information content (AvgIpc) is 2.71. The van der Waals surface area contributed by atoms with Crippen LogP contribution in [-0.4, -0.2) is 39.7 Å². The van der Waals surface area contributed by atoms with Gasteiger partial charge in [-0.3, -0.25) is 4.79 Å². The number of esters is 1. The summed E-state index contributed by atoms with van der Waals surface area (Å²) in [7, 11) is -4.17. The molecule has 0 spiro atoms. The van der Waals surface area contributed by atoms with Crippen molar-refractivity contribution in [1.29, 1.82) is 0 Å². The monoisotopic (exact) mass is 438 g/mol. The number of halogens is 1. The number of thioether (sulfide) groups is 1. The molecule has 0 saturated carbocycles. The van der Waals surface area contributed by atoms with E-state index >= 15 is 0 Å². The van der Waals surface area contributed by atoms with E-state index in [1.165, 1.54) is 6.08 Å². The number of carbonyl (C=O) groups excluding carboxylic acids is 2. The third kappa shape index (κ3) is 6.41. The molecule has 0 heterocycles. The number of hydrogen-bond acceptors (Lipinski definition) is 6. The second-order valence-electron chi connectivity index (χ2n) is 5.64. The predicted octanol–water partition coefficient (Wildman–Crippen LogP) is 2.81. The second-order valence-corrected chi connectivity index (χ2v) is 8.25. The van der Waals surface area contributed by atoms with Gasteiger partial charge in [0.25, 0.3) is 5.91 Å². The first-order chi connectivity index (χ1) is 13.8. The summed E-state index contributed by atoms with van der Waals surface area (Å²) in [6.07, 6.45) is 3.22. The highest BCUT2D eigenvalue weighted by atomic mass is 32.2. The van der Waals surface area contributed by atoms with Crippen LogP contribution in [-0.2, 0) is 19.6 Å². The molecular weight excluding hydrogens is 419 g/mol. The van der Waals surface area contributed by atoms with Crippen LogP contribution in [0, 0.1) is 5.82 Å². The zero-order valence-electron chi connectivity index (χ0n) is 15.5. The Balaban J connectivity index is 2.02. The minimum atomic E-state index is -4.17. The van der Waals surface area contributed by atoms with Crippen molar-refractivity contribution >= 4 is 39.3 Å². The van der Waals surface area contributed by atoms with Gasteiger partial charge in [0.05, 0.1) is 5.56 Å². The Morgan fingerprint density at radius 2 is 1.90 bits per heavy atom. The summed E-state index contributed by atoms with van der Waals surface area (Å²) in [5, 5.41) is 2.57. The molecule has 0 aromatic heterocycles. The highest BCUT2D eigenvalue weighted by molar-refractivity contribution is 7.98. The van der Waals surface area contributed by atoms with Crippen LogP contribution in [0.5, 0.6) is 0 Å². The molecule has 29 heavy (non-hydrogen) atoms. The van der Waals surface area contributed by atoms with E-state index in [-0.39, 0.29) is 12.1 Å². The highest BCUT2D eigenvalue weighted by Crippen LogP contribution is 2.18. The molecule has 2 N–H and O–H groups in total. The highest BCUT2D eigenvalue weighted by Gasteiger charge is 2.21. The summed E-state index contributed by atoms with van der Waals surface area (Å²) in [4.78, 5) is 24.4. The van der Waals surface area contributed by atoms with E-state index in [0.29, 0.717) is 5.69 Å². The Kier molecular flexibility index (Phi) is 7.94. The minimum absolute atomic E-state index is 0.103. The molecule has 0 saturated heterocycles. The van der Waals surface area contributed by atoms with Crippen LogP contribution < -0.4 is 10.0 Å². The van der Waals surface area contributed by atoms with Crippen molar-refractivity contribution < 1.29 is 27.1 Å². The third-order valence-corrected chi connectivity index (χ3v) is 5.76. The number of benzene rings is 2. The molecule has 2 rings (SSSR count). The molecule has 0 aliphatic rings. The maximum atomic E-state index is 13.9. The molecule has 0 fully saturated rings. The van der Waals surface area contributed by atoms with Crippen LogP contribution in [0.2, 0.25) is 0 Å². The van der Waals surface area contributed by atoms with Crippen molar-refractivity contribution in [3.8, 4) is 0 Å². The lowest BCUT2D eigenvalue weighted by molar-refractivity contribution is -0.119. The summed E-state index contributed by atoms with van der Waals surface area (Å²) in [6, 6.07) is 9.83. The Morgan fingerprint density at radius 1 is 1.21 bits per heavy atom. The molecular formula is C19H19FN2O5S2. The van der Waals surface area contributed by atoms with Gasteiger partial charge in [-0.25, -0.2) is 22.3 Å². The summed E-state index contributed by atoms with van der Waals surface area (Å²) in [6.45, 7) is 2.68. The lowest BCUT2D eigenvalue weighted by Crippen LogP contribution is -2.25. The SMILES string of the molecule is C=CCNS(=O)(=O)c1cc(C(=O)OCC(=O)Nc2ccc(SC)cc2)ccc1F. The van der Waals surface area contributed by atoms with Gasteiger partial charge in [-0.1, -0.05) is 6.08 Å². The molecule has 10 heteroatoms. The average molecular weight is 439 g/mol. The fourth-order valence-corrected chi connectivity index (χ4v) is 3.68. The summed E-state index contributed by atoms with van der Waals surface area (Å²) >= 11 is 1.56. The van der Waals surface area contributed by atoms with Crippen LogP contribution in [0.1, 0.15) is 10.4 Å². The molecule has 7 nitrogen and oxygen atoms in total. The fraction of sp³-hybridized carbons (Fsp3) is 0.158. The minimum Gasteiger partial charge on any atom is -0.452 e. The van der Waals surface area contributed by atoms with E-state index in [0.717, 1.165) is 23.1 Å². The van der Waals surface area contributed by atoms with Crippen molar-refractivity contribution in [2.45, 2.75) is 9.79 Å². The van der Waals surface area contributed by atoms with Crippen molar-refractivity contribution in [2.75, 3.05) is 24.7 Å². The van der Waals surface area contributed by atoms with Gasteiger partial charge in [0.1, 0.15) is 10.7 Å². The van der Waals surface area contributed by atoms with E-state index in [1.54, 1.807) is 23.9 Å². The molecule has 2 aromatic rings. The van der Waals surface area contributed by atoms with Crippen molar-refractivity contribution in [1.82, 2.24) is 4.72 Å². The number of amides is 1. The fourth-order valence-electron chi connectivity index (χ4n) is 2.17. The number of sulfonamides is 1. The molecule has 1 amide bonds. The van der Waals surface area contributed by atoms with E-state index in [4.69, 9.17) is 4.74 Å². The van der Waals surface area contributed by atoms with E-state index < -0.39 is 39.2 Å². The first kappa shape index (κ1) is 22.6. The molecule has 2 aromatic carbocycles.